The van der Waals surface area contributed by atoms with Gasteiger partial charge in [-0.3, -0.25) is 4.79 Å². The van der Waals surface area contributed by atoms with Crippen molar-refractivity contribution in [3.05, 3.63) is 24.1 Å². The molecule has 0 aliphatic heterocycles. The summed E-state index contributed by atoms with van der Waals surface area (Å²) in [5.74, 6) is -0.763. The molecule has 0 unspecified atom stereocenters. The summed E-state index contributed by atoms with van der Waals surface area (Å²) in [6, 6.07) is 5.25. The lowest BCUT2D eigenvalue weighted by Crippen LogP contribution is -2.10. The number of primary amides is 1. The lowest BCUT2D eigenvalue weighted by atomic mass is 10.3. The van der Waals surface area contributed by atoms with Crippen LogP contribution in [0.3, 0.4) is 0 Å². The first-order chi connectivity index (χ1) is 6.18. The summed E-state index contributed by atoms with van der Waals surface area (Å²) in [6.45, 7) is 0. The van der Waals surface area contributed by atoms with E-state index in [1.165, 1.54) is 0 Å². The predicted octanol–water partition coefficient (Wildman–Crippen LogP) is 1.22. The molecule has 2 rings (SSSR count). The molecule has 4 nitrogen and oxygen atoms in total. The number of hydrogen-bond acceptors (Lipinski definition) is 4. The zero-order valence-electron chi connectivity index (χ0n) is 6.52. The van der Waals surface area contributed by atoms with E-state index in [1.807, 2.05) is 0 Å². The van der Waals surface area contributed by atoms with Crippen molar-refractivity contribution in [2.24, 2.45) is 5.73 Å². The van der Waals surface area contributed by atoms with Gasteiger partial charge in [-0.25, -0.2) is 4.98 Å². The minimum atomic E-state index is -0.677. The number of nitrogens with two attached hydrogens (primary N) is 1. The Balaban J connectivity index is 2.75. The van der Waals surface area contributed by atoms with Crippen molar-refractivity contribution < 1.29 is 9.21 Å². The van der Waals surface area contributed by atoms with Crippen LogP contribution in [0.4, 0.5) is 0 Å². The SMILES string of the molecule is NC(=O)c1nc2cccc(S)c2o1. The molecule has 1 aromatic carbocycles. The highest BCUT2D eigenvalue weighted by molar-refractivity contribution is 7.80. The van der Waals surface area contributed by atoms with Gasteiger partial charge in [-0.2, -0.15) is 0 Å². The predicted molar refractivity (Wildman–Crippen MR) is 49.8 cm³/mol. The van der Waals surface area contributed by atoms with Gasteiger partial charge in [-0.1, -0.05) is 6.07 Å². The first-order valence-corrected chi connectivity index (χ1v) is 4.01. The maximum atomic E-state index is 10.7. The van der Waals surface area contributed by atoms with Crippen LogP contribution in [-0.4, -0.2) is 10.9 Å². The van der Waals surface area contributed by atoms with Crippen LogP contribution in [0, 0.1) is 0 Å². The second kappa shape index (κ2) is 2.77. The van der Waals surface area contributed by atoms with Crippen molar-refractivity contribution in [1.82, 2.24) is 4.98 Å². The molecule has 0 aliphatic carbocycles. The molecule has 0 saturated heterocycles. The van der Waals surface area contributed by atoms with Gasteiger partial charge in [0.05, 0.1) is 0 Å². The van der Waals surface area contributed by atoms with E-state index in [-0.39, 0.29) is 5.89 Å². The minimum Gasteiger partial charge on any atom is -0.431 e. The van der Waals surface area contributed by atoms with Gasteiger partial charge in [0, 0.05) is 4.90 Å². The molecule has 2 aromatic rings. The molecule has 0 radical (unpaired) electrons. The number of benzene rings is 1. The Morgan fingerprint density at radius 2 is 2.31 bits per heavy atom. The molecule has 66 valence electrons. The second-order valence-electron chi connectivity index (χ2n) is 2.51. The van der Waals surface area contributed by atoms with Crippen LogP contribution in [0.15, 0.2) is 27.5 Å². The van der Waals surface area contributed by atoms with Gasteiger partial charge in [0.1, 0.15) is 5.52 Å². The van der Waals surface area contributed by atoms with E-state index < -0.39 is 5.91 Å². The lowest BCUT2D eigenvalue weighted by molar-refractivity contribution is 0.0969. The Bertz CT molecular complexity index is 478. The first-order valence-electron chi connectivity index (χ1n) is 3.57. The Labute approximate surface area is 79.1 Å². The van der Waals surface area contributed by atoms with Gasteiger partial charge in [-0.15, -0.1) is 12.6 Å². The normalized spacial score (nSPS) is 10.5. The molecule has 0 bridgehead atoms. The molecule has 0 atom stereocenters. The number of nitrogens with zero attached hydrogens (tertiary/aromatic N) is 1. The average Bonchev–Trinajstić information content (AvgIpc) is 2.49. The van der Waals surface area contributed by atoms with E-state index in [4.69, 9.17) is 10.2 Å². The van der Waals surface area contributed by atoms with Crippen molar-refractivity contribution >= 4 is 29.6 Å². The number of carbonyl (C=O) groups is 1. The van der Waals surface area contributed by atoms with Gasteiger partial charge in [0.25, 0.3) is 5.89 Å². The summed E-state index contributed by atoms with van der Waals surface area (Å²) in [5, 5.41) is 0. The van der Waals surface area contributed by atoms with Gasteiger partial charge in [0.2, 0.25) is 0 Å². The third-order valence-corrected chi connectivity index (χ3v) is 1.96. The highest BCUT2D eigenvalue weighted by Crippen LogP contribution is 2.22. The summed E-state index contributed by atoms with van der Waals surface area (Å²) >= 11 is 4.15. The minimum absolute atomic E-state index is 0.0866. The quantitative estimate of drug-likeness (QED) is 0.670. The van der Waals surface area contributed by atoms with Crippen LogP contribution in [0.5, 0.6) is 0 Å². The van der Waals surface area contributed by atoms with E-state index in [0.29, 0.717) is 16.0 Å². The van der Waals surface area contributed by atoms with Crippen LogP contribution in [0.2, 0.25) is 0 Å². The molecule has 1 heterocycles. The fraction of sp³-hybridized carbons (Fsp3) is 0. The second-order valence-corrected chi connectivity index (χ2v) is 2.99. The van der Waals surface area contributed by atoms with Crippen LogP contribution >= 0.6 is 12.6 Å². The van der Waals surface area contributed by atoms with Crippen molar-refractivity contribution in [3.8, 4) is 0 Å². The van der Waals surface area contributed by atoms with Gasteiger partial charge in [0.15, 0.2) is 5.58 Å². The Hall–Kier alpha value is -1.49. The van der Waals surface area contributed by atoms with Crippen LogP contribution in [0.25, 0.3) is 11.1 Å². The summed E-state index contributed by atoms with van der Waals surface area (Å²) < 4.78 is 5.10. The third kappa shape index (κ3) is 1.27. The molecule has 0 spiro atoms. The third-order valence-electron chi connectivity index (χ3n) is 1.60. The maximum Gasteiger partial charge on any atom is 0.304 e. The molecule has 1 amide bonds. The van der Waals surface area contributed by atoms with E-state index >= 15 is 0 Å². The smallest absolute Gasteiger partial charge is 0.304 e. The molecule has 0 saturated carbocycles. The van der Waals surface area contributed by atoms with Crippen molar-refractivity contribution in [2.75, 3.05) is 0 Å². The maximum absolute atomic E-state index is 10.7. The molecule has 1 aromatic heterocycles. The van der Waals surface area contributed by atoms with Crippen molar-refractivity contribution in [1.29, 1.82) is 0 Å². The number of thiol groups is 1. The zero-order valence-corrected chi connectivity index (χ0v) is 7.41. The standard InChI is InChI=1S/C8H6N2O2S/c9-7(11)8-10-4-2-1-3-5(13)6(4)12-8/h1-3,13H,(H2,9,11). The van der Waals surface area contributed by atoms with Gasteiger partial charge < -0.3 is 10.2 Å². The van der Waals surface area contributed by atoms with Crippen molar-refractivity contribution in [3.63, 3.8) is 0 Å². The number of aromatic nitrogens is 1. The zero-order chi connectivity index (χ0) is 9.42. The Morgan fingerprint density at radius 3 is 2.92 bits per heavy atom. The number of hydrogen-bond donors (Lipinski definition) is 2. The molecular weight excluding hydrogens is 188 g/mol. The van der Waals surface area contributed by atoms with E-state index in [2.05, 4.69) is 17.6 Å². The van der Waals surface area contributed by atoms with Crippen LogP contribution in [0.1, 0.15) is 10.7 Å². The first kappa shape index (κ1) is 8.12. The average molecular weight is 194 g/mol. The highest BCUT2D eigenvalue weighted by atomic mass is 32.1. The number of rotatable bonds is 1. The fourth-order valence-electron chi connectivity index (χ4n) is 1.04. The Kier molecular flexibility index (Phi) is 1.73. The summed E-state index contributed by atoms with van der Waals surface area (Å²) in [7, 11) is 0. The number of para-hydroxylation sites is 1. The number of oxazole rings is 1. The monoisotopic (exact) mass is 194 g/mol. The van der Waals surface area contributed by atoms with E-state index in [0.717, 1.165) is 0 Å². The van der Waals surface area contributed by atoms with Crippen LogP contribution in [-0.2, 0) is 0 Å². The largest absolute Gasteiger partial charge is 0.431 e. The van der Waals surface area contributed by atoms with Crippen molar-refractivity contribution in [2.45, 2.75) is 4.90 Å². The number of carbonyl (C=O) groups excluding carboxylic acids is 1. The van der Waals surface area contributed by atoms with Gasteiger partial charge >= 0.3 is 5.91 Å². The fourth-order valence-corrected chi connectivity index (χ4v) is 1.29. The molecule has 2 N–H and O–H groups in total. The summed E-state index contributed by atoms with van der Waals surface area (Å²) in [5.41, 5.74) is 6.08. The van der Waals surface area contributed by atoms with Gasteiger partial charge in [-0.05, 0) is 12.1 Å². The Morgan fingerprint density at radius 1 is 1.54 bits per heavy atom. The molecule has 0 fully saturated rings. The summed E-state index contributed by atoms with van der Waals surface area (Å²) in [6.07, 6.45) is 0. The molecule has 0 aliphatic rings. The molecule has 5 heteroatoms. The van der Waals surface area contributed by atoms with Crippen LogP contribution < -0.4 is 5.73 Å². The number of fused-ring (bicyclic) bond motifs is 1. The number of amides is 1. The highest BCUT2D eigenvalue weighted by Gasteiger charge is 2.11. The molecule has 13 heavy (non-hydrogen) atoms. The topological polar surface area (TPSA) is 69.1 Å². The lowest BCUT2D eigenvalue weighted by Gasteiger charge is -1.88. The van der Waals surface area contributed by atoms with E-state index in [1.54, 1.807) is 18.2 Å². The summed E-state index contributed by atoms with van der Waals surface area (Å²) in [4.78, 5) is 15.2. The van der Waals surface area contributed by atoms with E-state index in [9.17, 15) is 4.79 Å². The molecular formula is C8H6N2O2S.